The monoisotopic (exact) mass is 269 g/mol. The second-order valence-electron chi connectivity index (χ2n) is 4.47. The molecule has 0 N–H and O–H groups in total. The third-order valence-electron chi connectivity index (χ3n) is 3.24. The van der Waals surface area contributed by atoms with E-state index in [0.717, 1.165) is 28.8 Å². The van der Waals surface area contributed by atoms with Crippen LogP contribution in [-0.2, 0) is 4.79 Å². The van der Waals surface area contributed by atoms with E-state index in [0.29, 0.717) is 11.6 Å². The minimum absolute atomic E-state index is 0.570. The molecule has 1 aliphatic heterocycles. The maximum Gasteiger partial charge on any atom is 0.214 e. The molecule has 19 heavy (non-hydrogen) atoms. The second kappa shape index (κ2) is 4.90. The number of amides is 1. The van der Waals surface area contributed by atoms with E-state index in [-0.39, 0.29) is 0 Å². The number of carbonyl (C=O) groups is 1. The maximum absolute atomic E-state index is 11.2. The van der Waals surface area contributed by atoms with Crippen molar-refractivity contribution in [2.24, 2.45) is 0 Å². The Hall–Kier alpha value is -2.06. The lowest BCUT2D eigenvalue weighted by Crippen LogP contribution is -2.26. The van der Waals surface area contributed by atoms with Crippen LogP contribution in [-0.4, -0.2) is 13.0 Å². The van der Waals surface area contributed by atoms with Gasteiger partial charge in [0, 0.05) is 5.02 Å². The zero-order chi connectivity index (χ0) is 13.2. The van der Waals surface area contributed by atoms with Crippen molar-refractivity contribution in [1.82, 2.24) is 0 Å². The summed E-state index contributed by atoms with van der Waals surface area (Å²) in [5, 5.41) is 0.704. The maximum atomic E-state index is 11.2. The van der Waals surface area contributed by atoms with Gasteiger partial charge in [0.05, 0.1) is 12.2 Å². The third kappa shape index (κ3) is 2.27. The molecule has 0 saturated carbocycles. The highest BCUT2D eigenvalue weighted by molar-refractivity contribution is 6.30. The molecule has 3 rings (SSSR count). The van der Waals surface area contributed by atoms with Crippen molar-refractivity contribution in [3.63, 3.8) is 0 Å². The Bertz CT molecular complexity index is 663. The van der Waals surface area contributed by atoms with Gasteiger partial charge in [-0.1, -0.05) is 41.9 Å². The Labute approximate surface area is 116 Å². The summed E-state index contributed by atoms with van der Waals surface area (Å²) in [5.74, 6) is 0. The van der Waals surface area contributed by atoms with E-state index in [1.165, 1.54) is 0 Å². The van der Waals surface area contributed by atoms with Gasteiger partial charge in [0.25, 0.3) is 0 Å². The first-order chi connectivity index (χ1) is 9.28. The number of carbonyl (C=O) groups excluding carboxylic acids is 1. The van der Waals surface area contributed by atoms with Crippen molar-refractivity contribution in [3.8, 4) is 0 Å². The van der Waals surface area contributed by atoms with Gasteiger partial charge in [-0.25, -0.2) is 0 Å². The predicted octanol–water partition coefficient (Wildman–Crippen LogP) is 3.86. The number of para-hydroxylation sites is 1. The number of nitrogens with zero attached hydrogens (tertiary/aromatic N) is 1. The minimum Gasteiger partial charge on any atom is -0.310 e. The average Bonchev–Trinajstić information content (AvgIpc) is 2.46. The number of anilines is 1. The molecule has 0 fully saturated rings. The Balaban J connectivity index is 2.10. The number of benzene rings is 2. The molecular weight excluding hydrogens is 258 g/mol. The topological polar surface area (TPSA) is 20.3 Å². The van der Waals surface area contributed by atoms with Crippen LogP contribution in [0.2, 0.25) is 5.02 Å². The van der Waals surface area contributed by atoms with Crippen LogP contribution in [0.3, 0.4) is 0 Å². The third-order valence-corrected chi connectivity index (χ3v) is 3.47. The summed E-state index contributed by atoms with van der Waals surface area (Å²) in [7, 11) is 0. The van der Waals surface area contributed by atoms with Crippen molar-refractivity contribution in [2.45, 2.75) is 0 Å². The van der Waals surface area contributed by atoms with Gasteiger partial charge in [0.2, 0.25) is 6.41 Å². The van der Waals surface area contributed by atoms with E-state index in [2.05, 4.69) is 6.08 Å². The molecule has 2 aromatic rings. The fourth-order valence-electron chi connectivity index (χ4n) is 2.33. The molecule has 0 bridgehead atoms. The zero-order valence-corrected chi connectivity index (χ0v) is 11.0. The second-order valence-corrected chi connectivity index (χ2v) is 4.91. The first-order valence-electron chi connectivity index (χ1n) is 6.05. The summed E-state index contributed by atoms with van der Waals surface area (Å²) in [4.78, 5) is 13.0. The molecule has 3 heteroatoms. The van der Waals surface area contributed by atoms with Crippen molar-refractivity contribution < 1.29 is 4.79 Å². The van der Waals surface area contributed by atoms with Crippen LogP contribution < -0.4 is 4.90 Å². The predicted molar refractivity (Wildman–Crippen MR) is 79.2 cm³/mol. The highest BCUT2D eigenvalue weighted by atomic mass is 35.5. The number of hydrogen-bond donors (Lipinski definition) is 0. The molecule has 2 aromatic carbocycles. The molecule has 0 atom stereocenters. The van der Waals surface area contributed by atoms with Gasteiger partial charge in [-0.05, 0) is 41.0 Å². The molecule has 1 amide bonds. The number of halogens is 1. The van der Waals surface area contributed by atoms with E-state index in [4.69, 9.17) is 11.6 Å². The smallest absolute Gasteiger partial charge is 0.214 e. The van der Waals surface area contributed by atoms with Crippen LogP contribution in [0.5, 0.6) is 0 Å². The van der Waals surface area contributed by atoms with E-state index in [1.807, 2.05) is 48.5 Å². The molecule has 0 spiro atoms. The number of hydrogen-bond acceptors (Lipinski definition) is 1. The highest BCUT2D eigenvalue weighted by Gasteiger charge is 2.17. The molecule has 0 radical (unpaired) electrons. The zero-order valence-electron chi connectivity index (χ0n) is 10.2. The molecule has 2 nitrogen and oxygen atoms in total. The Kier molecular flexibility index (Phi) is 3.10. The normalized spacial score (nSPS) is 13.7. The first-order valence-corrected chi connectivity index (χ1v) is 6.43. The molecule has 94 valence electrons. The van der Waals surface area contributed by atoms with Crippen LogP contribution >= 0.6 is 11.6 Å². The van der Waals surface area contributed by atoms with Crippen molar-refractivity contribution in [1.29, 1.82) is 0 Å². The highest BCUT2D eigenvalue weighted by Crippen LogP contribution is 2.32. The van der Waals surface area contributed by atoms with Crippen LogP contribution in [0.25, 0.3) is 11.6 Å². The van der Waals surface area contributed by atoms with Crippen LogP contribution in [0.1, 0.15) is 11.1 Å². The van der Waals surface area contributed by atoms with Crippen molar-refractivity contribution in [3.05, 3.63) is 64.7 Å². The lowest BCUT2D eigenvalue weighted by atomic mass is 9.97. The number of rotatable bonds is 2. The molecule has 1 heterocycles. The van der Waals surface area contributed by atoms with Gasteiger partial charge in [-0.2, -0.15) is 0 Å². The van der Waals surface area contributed by atoms with Gasteiger partial charge in [-0.3, -0.25) is 4.79 Å². The van der Waals surface area contributed by atoms with Gasteiger partial charge in [-0.15, -0.1) is 0 Å². The average molecular weight is 270 g/mol. The van der Waals surface area contributed by atoms with Gasteiger partial charge in [0.15, 0.2) is 0 Å². The van der Waals surface area contributed by atoms with Crippen LogP contribution in [0.15, 0.2) is 48.5 Å². The quantitative estimate of drug-likeness (QED) is 0.758. The number of fused-ring (bicyclic) bond motifs is 1. The van der Waals surface area contributed by atoms with Gasteiger partial charge >= 0.3 is 0 Å². The molecule has 1 aliphatic rings. The van der Waals surface area contributed by atoms with E-state index in [9.17, 15) is 4.79 Å². The summed E-state index contributed by atoms with van der Waals surface area (Å²) >= 11 is 6.02. The summed E-state index contributed by atoms with van der Waals surface area (Å²) in [6.07, 6.45) is 2.98. The van der Waals surface area contributed by atoms with Crippen molar-refractivity contribution >= 4 is 35.3 Å². The lowest BCUT2D eigenvalue weighted by molar-refractivity contribution is -0.107. The Morgan fingerprint density at radius 2 is 1.95 bits per heavy atom. The minimum atomic E-state index is 0.570. The molecular formula is C16H12ClNO. The molecule has 0 aromatic heterocycles. The fourth-order valence-corrected chi connectivity index (χ4v) is 2.52. The Morgan fingerprint density at radius 3 is 2.74 bits per heavy atom. The summed E-state index contributed by atoms with van der Waals surface area (Å²) < 4.78 is 0. The van der Waals surface area contributed by atoms with Crippen LogP contribution in [0.4, 0.5) is 5.69 Å². The molecule has 0 unspecified atom stereocenters. The van der Waals surface area contributed by atoms with Crippen LogP contribution in [0, 0.1) is 0 Å². The lowest BCUT2D eigenvalue weighted by Gasteiger charge is -2.26. The molecule has 0 aliphatic carbocycles. The SMILES string of the molecule is O=CN1CC(c2cccc(Cl)c2)=Cc2ccccc21. The first kappa shape index (κ1) is 12.0. The standard InChI is InChI=1S/C16H12ClNO/c17-15-6-3-5-12(9-15)14-8-13-4-1-2-7-16(13)18(10-14)11-19/h1-9,11H,10H2. The molecule has 0 saturated heterocycles. The van der Waals surface area contributed by atoms with Gasteiger partial charge < -0.3 is 4.90 Å². The van der Waals surface area contributed by atoms with E-state index in [1.54, 1.807) is 4.90 Å². The van der Waals surface area contributed by atoms with Crippen molar-refractivity contribution in [2.75, 3.05) is 11.4 Å². The summed E-state index contributed by atoms with van der Waals surface area (Å²) in [6.45, 7) is 0.570. The summed E-state index contributed by atoms with van der Waals surface area (Å²) in [6, 6.07) is 15.6. The van der Waals surface area contributed by atoms with E-state index < -0.39 is 0 Å². The largest absolute Gasteiger partial charge is 0.310 e. The van der Waals surface area contributed by atoms with E-state index >= 15 is 0 Å². The Morgan fingerprint density at radius 1 is 1.11 bits per heavy atom. The fraction of sp³-hybridized carbons (Fsp3) is 0.0625. The van der Waals surface area contributed by atoms with Gasteiger partial charge in [0.1, 0.15) is 0 Å². The summed E-state index contributed by atoms with van der Waals surface area (Å²) in [5.41, 5.74) is 4.14.